The summed E-state index contributed by atoms with van der Waals surface area (Å²) in [7, 11) is 0. The number of aromatic nitrogens is 4. The molecule has 0 amide bonds. The van der Waals surface area contributed by atoms with E-state index in [4.69, 9.17) is 9.72 Å². The van der Waals surface area contributed by atoms with Gasteiger partial charge in [0.1, 0.15) is 11.6 Å². The predicted octanol–water partition coefficient (Wildman–Crippen LogP) is 3.24. The lowest BCUT2D eigenvalue weighted by molar-refractivity contribution is 0.339. The normalized spacial score (nSPS) is 13.6. The Labute approximate surface area is 153 Å². The Morgan fingerprint density at radius 3 is 2.69 bits per heavy atom. The van der Waals surface area contributed by atoms with Crippen LogP contribution in [0, 0.1) is 13.8 Å². The molecule has 4 rings (SSSR count). The summed E-state index contributed by atoms with van der Waals surface area (Å²) in [5.41, 5.74) is 4.71. The van der Waals surface area contributed by atoms with E-state index in [1.165, 1.54) is 11.1 Å². The molecule has 2 aromatic heterocycles. The Balaban J connectivity index is 1.62. The quantitative estimate of drug-likeness (QED) is 0.724. The molecule has 1 aliphatic heterocycles. The van der Waals surface area contributed by atoms with Crippen LogP contribution in [0.5, 0.6) is 5.75 Å². The van der Waals surface area contributed by atoms with Crippen LogP contribution in [-0.2, 0) is 13.0 Å². The molecule has 0 saturated heterocycles. The number of hydrogen-bond donors (Lipinski definition) is 0. The number of benzene rings is 1. The van der Waals surface area contributed by atoms with Crippen molar-refractivity contribution in [3.63, 3.8) is 0 Å². The van der Waals surface area contributed by atoms with Crippen LogP contribution in [0.15, 0.2) is 36.7 Å². The second kappa shape index (κ2) is 6.78. The van der Waals surface area contributed by atoms with Crippen molar-refractivity contribution in [3.05, 3.63) is 59.2 Å². The standard InChI is InChI=1S/C20H23N5O/c1-4-26-18-6-5-16-7-8-24(13-17(16)10-18)19-11-21-12-20(22-19)25-15(3)9-14(2)23-25/h5-6,9-12H,4,7-8,13H2,1-3H3. The topological polar surface area (TPSA) is 56.1 Å². The zero-order valence-corrected chi connectivity index (χ0v) is 15.4. The maximum absolute atomic E-state index is 5.65. The zero-order chi connectivity index (χ0) is 18.1. The Morgan fingerprint density at radius 2 is 1.92 bits per heavy atom. The third kappa shape index (κ3) is 3.14. The number of ether oxygens (including phenoxy) is 1. The van der Waals surface area contributed by atoms with E-state index in [1.807, 2.05) is 37.7 Å². The molecule has 0 N–H and O–H groups in total. The van der Waals surface area contributed by atoms with Gasteiger partial charge in [-0.1, -0.05) is 6.07 Å². The average Bonchev–Trinajstić information content (AvgIpc) is 3.00. The summed E-state index contributed by atoms with van der Waals surface area (Å²) in [5.74, 6) is 2.56. The number of aryl methyl sites for hydroxylation is 2. The molecule has 0 saturated carbocycles. The van der Waals surface area contributed by atoms with Crippen LogP contribution >= 0.6 is 0 Å². The minimum Gasteiger partial charge on any atom is -0.494 e. The van der Waals surface area contributed by atoms with E-state index in [1.54, 1.807) is 6.20 Å². The number of nitrogens with zero attached hydrogens (tertiary/aromatic N) is 5. The third-order valence-electron chi connectivity index (χ3n) is 4.66. The van der Waals surface area contributed by atoms with E-state index in [2.05, 4.69) is 33.2 Å². The molecule has 6 nitrogen and oxygen atoms in total. The zero-order valence-electron chi connectivity index (χ0n) is 15.4. The lowest BCUT2D eigenvalue weighted by Crippen LogP contribution is -2.31. The fourth-order valence-electron chi connectivity index (χ4n) is 3.45. The van der Waals surface area contributed by atoms with Gasteiger partial charge in [-0.25, -0.2) is 9.67 Å². The van der Waals surface area contributed by atoms with Crippen LogP contribution in [0.25, 0.3) is 5.82 Å². The first-order valence-corrected chi connectivity index (χ1v) is 8.99. The molecule has 0 atom stereocenters. The minimum absolute atomic E-state index is 0.679. The molecule has 0 bridgehead atoms. The van der Waals surface area contributed by atoms with Gasteiger partial charge in [-0.05, 0) is 56.5 Å². The van der Waals surface area contributed by atoms with Crippen molar-refractivity contribution in [3.8, 4) is 11.6 Å². The van der Waals surface area contributed by atoms with Gasteiger partial charge in [0.2, 0.25) is 0 Å². The predicted molar refractivity (Wildman–Crippen MR) is 101 cm³/mol. The van der Waals surface area contributed by atoms with Crippen LogP contribution in [0.3, 0.4) is 0 Å². The lowest BCUT2D eigenvalue weighted by atomic mass is 9.99. The SMILES string of the molecule is CCOc1ccc2c(c1)CN(c1cncc(-n3nc(C)cc3C)n1)CC2. The number of rotatable bonds is 4. The van der Waals surface area contributed by atoms with Gasteiger partial charge in [0.25, 0.3) is 0 Å². The smallest absolute Gasteiger partial charge is 0.174 e. The summed E-state index contributed by atoms with van der Waals surface area (Å²) < 4.78 is 7.49. The van der Waals surface area contributed by atoms with E-state index in [9.17, 15) is 0 Å². The Kier molecular flexibility index (Phi) is 4.32. The lowest BCUT2D eigenvalue weighted by Gasteiger charge is -2.30. The van der Waals surface area contributed by atoms with E-state index in [0.29, 0.717) is 6.61 Å². The molecular formula is C20H23N5O. The second-order valence-corrected chi connectivity index (χ2v) is 6.61. The molecule has 6 heteroatoms. The largest absolute Gasteiger partial charge is 0.494 e. The first-order valence-electron chi connectivity index (χ1n) is 8.99. The van der Waals surface area contributed by atoms with Crippen LogP contribution < -0.4 is 9.64 Å². The highest BCUT2D eigenvalue weighted by molar-refractivity contribution is 5.46. The average molecular weight is 349 g/mol. The molecule has 134 valence electrons. The number of anilines is 1. The van der Waals surface area contributed by atoms with Crippen LogP contribution in [0.4, 0.5) is 5.82 Å². The van der Waals surface area contributed by atoms with Gasteiger partial charge in [0.05, 0.1) is 24.7 Å². The molecule has 0 fully saturated rings. The van der Waals surface area contributed by atoms with Gasteiger partial charge in [-0.3, -0.25) is 4.98 Å². The van der Waals surface area contributed by atoms with E-state index < -0.39 is 0 Å². The van der Waals surface area contributed by atoms with Crippen molar-refractivity contribution >= 4 is 5.82 Å². The van der Waals surface area contributed by atoms with Crippen molar-refractivity contribution < 1.29 is 4.74 Å². The van der Waals surface area contributed by atoms with E-state index >= 15 is 0 Å². The molecule has 0 unspecified atom stereocenters. The second-order valence-electron chi connectivity index (χ2n) is 6.61. The van der Waals surface area contributed by atoms with Gasteiger partial charge >= 0.3 is 0 Å². The van der Waals surface area contributed by atoms with Crippen molar-refractivity contribution in [1.29, 1.82) is 0 Å². The van der Waals surface area contributed by atoms with Gasteiger partial charge in [-0.2, -0.15) is 5.10 Å². The maximum Gasteiger partial charge on any atom is 0.174 e. The number of hydrogen-bond acceptors (Lipinski definition) is 5. The molecule has 3 aromatic rings. The summed E-state index contributed by atoms with van der Waals surface area (Å²) in [6.07, 6.45) is 4.58. The molecule has 0 radical (unpaired) electrons. The Bertz CT molecular complexity index is 934. The molecule has 1 aliphatic rings. The maximum atomic E-state index is 5.65. The van der Waals surface area contributed by atoms with Gasteiger partial charge in [0, 0.05) is 18.8 Å². The summed E-state index contributed by atoms with van der Waals surface area (Å²) in [4.78, 5) is 11.5. The highest BCUT2D eigenvalue weighted by atomic mass is 16.5. The first kappa shape index (κ1) is 16.6. The van der Waals surface area contributed by atoms with Crippen LogP contribution in [0.2, 0.25) is 0 Å². The van der Waals surface area contributed by atoms with Gasteiger partial charge in [-0.15, -0.1) is 0 Å². The molecule has 0 spiro atoms. The molecule has 26 heavy (non-hydrogen) atoms. The summed E-state index contributed by atoms with van der Waals surface area (Å²) in [5, 5.41) is 4.51. The Morgan fingerprint density at radius 1 is 1.08 bits per heavy atom. The van der Waals surface area contributed by atoms with Crippen LogP contribution in [-0.4, -0.2) is 32.9 Å². The highest BCUT2D eigenvalue weighted by Gasteiger charge is 2.19. The monoisotopic (exact) mass is 349 g/mol. The molecule has 3 heterocycles. The Hall–Kier alpha value is -2.89. The highest BCUT2D eigenvalue weighted by Crippen LogP contribution is 2.26. The number of fused-ring (bicyclic) bond motifs is 1. The van der Waals surface area contributed by atoms with E-state index in [0.717, 1.165) is 48.3 Å². The summed E-state index contributed by atoms with van der Waals surface area (Å²) >= 11 is 0. The fraction of sp³-hybridized carbons (Fsp3) is 0.350. The van der Waals surface area contributed by atoms with E-state index in [-0.39, 0.29) is 0 Å². The van der Waals surface area contributed by atoms with Crippen molar-refractivity contribution in [1.82, 2.24) is 19.7 Å². The fourth-order valence-corrected chi connectivity index (χ4v) is 3.45. The van der Waals surface area contributed by atoms with Gasteiger partial charge < -0.3 is 9.64 Å². The molecule has 0 aliphatic carbocycles. The molecule has 1 aromatic carbocycles. The van der Waals surface area contributed by atoms with Gasteiger partial charge in [0.15, 0.2) is 5.82 Å². The first-order chi connectivity index (χ1) is 12.6. The van der Waals surface area contributed by atoms with Crippen molar-refractivity contribution in [2.75, 3.05) is 18.1 Å². The molecular weight excluding hydrogens is 326 g/mol. The third-order valence-corrected chi connectivity index (χ3v) is 4.66. The summed E-state index contributed by atoms with van der Waals surface area (Å²) in [6, 6.07) is 8.42. The van der Waals surface area contributed by atoms with Crippen LogP contribution in [0.1, 0.15) is 29.4 Å². The van der Waals surface area contributed by atoms with Crippen molar-refractivity contribution in [2.45, 2.75) is 33.7 Å². The van der Waals surface area contributed by atoms with Crippen molar-refractivity contribution in [2.24, 2.45) is 0 Å². The summed E-state index contributed by atoms with van der Waals surface area (Å²) in [6.45, 7) is 8.44. The minimum atomic E-state index is 0.679.